The first-order valence-corrected chi connectivity index (χ1v) is 8.86. The number of hydrogen-bond acceptors (Lipinski definition) is 5. The Morgan fingerprint density at radius 1 is 1.00 bits per heavy atom. The Morgan fingerprint density at radius 3 is 2.54 bits per heavy atom. The van der Waals surface area contributed by atoms with E-state index in [2.05, 4.69) is 56.4 Å². The average molecular weight is 347 g/mol. The number of nitrogens with one attached hydrogen (secondary N) is 1. The van der Waals surface area contributed by atoms with Crippen LogP contribution in [0.1, 0.15) is 22.4 Å². The van der Waals surface area contributed by atoms with E-state index in [4.69, 9.17) is 0 Å². The molecular formula is C21H25N5. The van der Waals surface area contributed by atoms with E-state index < -0.39 is 0 Å². The SMILES string of the molecule is Cc1cc(NCc2ccccc2C)nc(N(C)CCc2ccncc2)n1. The quantitative estimate of drug-likeness (QED) is 0.705. The van der Waals surface area contributed by atoms with Gasteiger partial charge in [-0.15, -0.1) is 0 Å². The van der Waals surface area contributed by atoms with E-state index >= 15 is 0 Å². The minimum Gasteiger partial charge on any atom is -0.366 e. The molecule has 1 aromatic carbocycles. The van der Waals surface area contributed by atoms with Crippen molar-refractivity contribution in [2.24, 2.45) is 0 Å². The largest absolute Gasteiger partial charge is 0.366 e. The Hall–Kier alpha value is -2.95. The summed E-state index contributed by atoms with van der Waals surface area (Å²) in [5.74, 6) is 1.60. The molecule has 0 fully saturated rings. The molecule has 0 amide bonds. The molecule has 0 aliphatic rings. The third-order valence-electron chi connectivity index (χ3n) is 4.39. The van der Waals surface area contributed by atoms with Crippen LogP contribution in [0, 0.1) is 13.8 Å². The Balaban J connectivity index is 1.65. The van der Waals surface area contributed by atoms with Crippen molar-refractivity contribution in [1.29, 1.82) is 0 Å². The van der Waals surface area contributed by atoms with Gasteiger partial charge >= 0.3 is 0 Å². The molecule has 26 heavy (non-hydrogen) atoms. The summed E-state index contributed by atoms with van der Waals surface area (Å²) in [6.45, 7) is 5.73. The van der Waals surface area contributed by atoms with Crippen LogP contribution in [0.3, 0.4) is 0 Å². The topological polar surface area (TPSA) is 53.9 Å². The smallest absolute Gasteiger partial charge is 0.227 e. The van der Waals surface area contributed by atoms with Crippen LogP contribution in [0.25, 0.3) is 0 Å². The highest BCUT2D eigenvalue weighted by Crippen LogP contribution is 2.15. The van der Waals surface area contributed by atoms with Crippen molar-refractivity contribution in [3.63, 3.8) is 0 Å². The Labute approximate surface area is 155 Å². The average Bonchev–Trinajstić information content (AvgIpc) is 2.66. The van der Waals surface area contributed by atoms with Crippen molar-refractivity contribution in [1.82, 2.24) is 15.0 Å². The maximum absolute atomic E-state index is 4.68. The first-order valence-electron chi connectivity index (χ1n) is 8.86. The third-order valence-corrected chi connectivity index (χ3v) is 4.39. The van der Waals surface area contributed by atoms with Crippen LogP contribution in [-0.4, -0.2) is 28.5 Å². The van der Waals surface area contributed by atoms with Gasteiger partial charge in [0.15, 0.2) is 0 Å². The van der Waals surface area contributed by atoms with E-state index in [1.54, 1.807) is 0 Å². The van der Waals surface area contributed by atoms with Crippen molar-refractivity contribution in [2.75, 3.05) is 23.8 Å². The second-order valence-electron chi connectivity index (χ2n) is 6.50. The zero-order valence-corrected chi connectivity index (χ0v) is 15.6. The molecule has 0 radical (unpaired) electrons. The summed E-state index contributed by atoms with van der Waals surface area (Å²) in [6, 6.07) is 14.5. The van der Waals surface area contributed by atoms with Gasteiger partial charge in [-0.1, -0.05) is 24.3 Å². The summed E-state index contributed by atoms with van der Waals surface area (Å²) in [5.41, 5.74) is 4.77. The molecule has 0 saturated carbocycles. The Morgan fingerprint density at radius 2 is 1.77 bits per heavy atom. The number of hydrogen-bond donors (Lipinski definition) is 1. The second kappa shape index (κ2) is 8.43. The predicted octanol–water partition coefficient (Wildman–Crippen LogP) is 3.78. The van der Waals surface area contributed by atoms with Gasteiger partial charge in [0.05, 0.1) is 0 Å². The molecule has 2 heterocycles. The van der Waals surface area contributed by atoms with Gasteiger partial charge in [-0.05, 0) is 49.1 Å². The van der Waals surface area contributed by atoms with Gasteiger partial charge in [-0.25, -0.2) is 4.98 Å². The molecule has 1 N–H and O–H groups in total. The van der Waals surface area contributed by atoms with Crippen LogP contribution >= 0.6 is 0 Å². The molecule has 0 spiro atoms. The fourth-order valence-electron chi connectivity index (χ4n) is 2.75. The fourth-order valence-corrected chi connectivity index (χ4v) is 2.75. The molecule has 0 bridgehead atoms. The lowest BCUT2D eigenvalue weighted by molar-refractivity contribution is 0.831. The second-order valence-corrected chi connectivity index (χ2v) is 6.50. The molecule has 0 aliphatic carbocycles. The first-order chi connectivity index (χ1) is 12.6. The standard InChI is InChI=1S/C21H25N5/c1-16-6-4-5-7-19(16)15-23-20-14-17(2)24-21(25-20)26(3)13-10-18-8-11-22-12-9-18/h4-9,11-12,14H,10,13,15H2,1-3H3,(H,23,24,25). The zero-order chi connectivity index (χ0) is 18.4. The van der Waals surface area contributed by atoms with Crippen molar-refractivity contribution in [2.45, 2.75) is 26.8 Å². The molecule has 0 atom stereocenters. The molecule has 0 aliphatic heterocycles. The number of likely N-dealkylation sites (N-methyl/N-ethyl adjacent to an activating group) is 1. The molecule has 0 unspecified atom stereocenters. The van der Waals surface area contributed by atoms with Gasteiger partial charge < -0.3 is 10.2 Å². The summed E-state index contributed by atoms with van der Waals surface area (Å²) < 4.78 is 0. The number of aryl methyl sites for hydroxylation is 2. The first kappa shape index (κ1) is 17.9. The lowest BCUT2D eigenvalue weighted by atomic mass is 10.1. The highest BCUT2D eigenvalue weighted by molar-refractivity contribution is 5.44. The number of anilines is 2. The van der Waals surface area contributed by atoms with Crippen molar-refractivity contribution in [3.05, 3.63) is 77.2 Å². The maximum atomic E-state index is 4.68. The van der Waals surface area contributed by atoms with Crippen LogP contribution < -0.4 is 10.2 Å². The third kappa shape index (κ3) is 4.79. The van der Waals surface area contributed by atoms with E-state index in [1.165, 1.54) is 16.7 Å². The van der Waals surface area contributed by atoms with Crippen LogP contribution in [0.2, 0.25) is 0 Å². The van der Waals surface area contributed by atoms with Crippen LogP contribution in [0.15, 0.2) is 54.9 Å². The van der Waals surface area contributed by atoms with Gasteiger partial charge in [0.1, 0.15) is 5.82 Å². The monoisotopic (exact) mass is 347 g/mol. The molecule has 3 rings (SSSR count). The van der Waals surface area contributed by atoms with Crippen LogP contribution in [-0.2, 0) is 13.0 Å². The molecule has 5 heteroatoms. The maximum Gasteiger partial charge on any atom is 0.227 e. The summed E-state index contributed by atoms with van der Waals surface area (Å²) >= 11 is 0. The molecule has 3 aromatic rings. The number of rotatable bonds is 7. The normalized spacial score (nSPS) is 10.6. The lowest BCUT2D eigenvalue weighted by Gasteiger charge is -2.18. The van der Waals surface area contributed by atoms with E-state index in [1.807, 2.05) is 44.6 Å². The summed E-state index contributed by atoms with van der Waals surface area (Å²) in [5, 5.41) is 3.43. The van der Waals surface area contributed by atoms with E-state index in [9.17, 15) is 0 Å². The highest BCUT2D eigenvalue weighted by atomic mass is 15.2. The van der Waals surface area contributed by atoms with E-state index in [0.29, 0.717) is 0 Å². The van der Waals surface area contributed by atoms with Crippen molar-refractivity contribution < 1.29 is 0 Å². The van der Waals surface area contributed by atoms with Crippen LogP contribution in [0.4, 0.5) is 11.8 Å². The van der Waals surface area contributed by atoms with Crippen LogP contribution in [0.5, 0.6) is 0 Å². The molecular weight excluding hydrogens is 322 g/mol. The number of benzene rings is 1. The Bertz CT molecular complexity index is 848. The predicted molar refractivity (Wildman–Crippen MR) is 106 cm³/mol. The molecule has 5 nitrogen and oxygen atoms in total. The fraction of sp³-hybridized carbons (Fsp3) is 0.286. The highest BCUT2D eigenvalue weighted by Gasteiger charge is 2.08. The molecule has 134 valence electrons. The minimum atomic E-state index is 0.742. The molecule has 0 saturated heterocycles. The summed E-state index contributed by atoms with van der Waals surface area (Å²) in [4.78, 5) is 15.4. The van der Waals surface area contributed by atoms with Crippen molar-refractivity contribution in [3.8, 4) is 0 Å². The Kier molecular flexibility index (Phi) is 5.79. The van der Waals surface area contributed by atoms with E-state index in [-0.39, 0.29) is 0 Å². The lowest BCUT2D eigenvalue weighted by Crippen LogP contribution is -2.23. The molecule has 2 aromatic heterocycles. The number of aromatic nitrogens is 3. The van der Waals surface area contributed by atoms with Gasteiger partial charge in [0.25, 0.3) is 0 Å². The summed E-state index contributed by atoms with van der Waals surface area (Å²) in [6.07, 6.45) is 4.58. The van der Waals surface area contributed by atoms with Gasteiger partial charge in [0, 0.05) is 44.3 Å². The van der Waals surface area contributed by atoms with Gasteiger partial charge in [-0.2, -0.15) is 4.98 Å². The number of pyridine rings is 1. The van der Waals surface area contributed by atoms with E-state index in [0.717, 1.165) is 37.0 Å². The zero-order valence-electron chi connectivity index (χ0n) is 15.6. The van der Waals surface area contributed by atoms with Gasteiger partial charge in [0.2, 0.25) is 5.95 Å². The minimum absolute atomic E-state index is 0.742. The summed E-state index contributed by atoms with van der Waals surface area (Å²) in [7, 11) is 2.03. The van der Waals surface area contributed by atoms with Gasteiger partial charge in [-0.3, -0.25) is 4.98 Å². The number of nitrogens with zero attached hydrogens (tertiary/aromatic N) is 4. The van der Waals surface area contributed by atoms with Crippen molar-refractivity contribution >= 4 is 11.8 Å².